The number of hydrogen-bond donors (Lipinski definition) is 0. The van der Waals surface area contributed by atoms with Crippen LogP contribution in [0, 0.1) is 0 Å². The van der Waals surface area contributed by atoms with Crippen LogP contribution in [-0.2, 0) is 13.0 Å². The zero-order chi connectivity index (χ0) is 13.3. The molecule has 0 atom stereocenters. The lowest BCUT2D eigenvalue weighted by Gasteiger charge is -2.23. The van der Waals surface area contributed by atoms with Crippen molar-refractivity contribution < 1.29 is 13.2 Å². The van der Waals surface area contributed by atoms with Gasteiger partial charge in [-0.2, -0.15) is 13.2 Å². The summed E-state index contributed by atoms with van der Waals surface area (Å²) in [6.07, 6.45) is -3.29. The molecule has 1 aromatic rings. The Bertz CT molecular complexity index is 416. The fourth-order valence-electron chi connectivity index (χ4n) is 2.01. The summed E-state index contributed by atoms with van der Waals surface area (Å²) in [6.45, 7) is 3.80. The minimum absolute atomic E-state index is 0.468. The first-order valence-electron chi connectivity index (χ1n) is 5.88. The molecular weight excluding hydrogens is 263 g/mol. The average molecular weight is 279 g/mol. The van der Waals surface area contributed by atoms with Gasteiger partial charge in [-0.3, -0.25) is 4.90 Å². The zero-order valence-electron chi connectivity index (χ0n) is 10.4. The van der Waals surface area contributed by atoms with E-state index in [1.807, 2.05) is 0 Å². The third-order valence-electron chi connectivity index (χ3n) is 2.99. The smallest absolute Gasteiger partial charge is 0.342 e. The monoisotopic (exact) mass is 279 g/mol. The Morgan fingerprint density at radius 2 is 2.17 bits per heavy atom. The fraction of sp³-hybridized carbons (Fsp3) is 0.727. The summed E-state index contributed by atoms with van der Waals surface area (Å²) in [5, 5.41) is 0.468. The summed E-state index contributed by atoms with van der Waals surface area (Å²) in [7, 11) is 1.44. The number of likely N-dealkylation sites (N-methyl/N-ethyl adjacent to an activating group) is 1. The van der Waals surface area contributed by atoms with Gasteiger partial charge >= 0.3 is 6.18 Å². The standard InChI is InChI=1S/C11H16F3N3S/c1-3-17-5-4-9-8(6-17)15-10(18-9)16(2)7-11(12,13)14/h3-7H2,1-2H3. The van der Waals surface area contributed by atoms with Crippen LogP contribution < -0.4 is 4.90 Å². The van der Waals surface area contributed by atoms with Crippen molar-refractivity contribution in [2.45, 2.75) is 26.1 Å². The van der Waals surface area contributed by atoms with Gasteiger partial charge in [-0.25, -0.2) is 4.98 Å². The van der Waals surface area contributed by atoms with Crippen LogP contribution in [0.3, 0.4) is 0 Å². The maximum atomic E-state index is 12.3. The lowest BCUT2D eigenvalue weighted by atomic mass is 10.2. The molecule has 1 aromatic heterocycles. The number of thiazole rings is 1. The first-order chi connectivity index (χ1) is 8.39. The van der Waals surface area contributed by atoms with Crippen molar-refractivity contribution in [1.82, 2.24) is 9.88 Å². The Morgan fingerprint density at radius 1 is 1.44 bits per heavy atom. The molecule has 2 heterocycles. The lowest BCUT2D eigenvalue weighted by Crippen LogP contribution is -2.31. The molecule has 1 aliphatic heterocycles. The van der Waals surface area contributed by atoms with Crippen molar-refractivity contribution in [2.24, 2.45) is 0 Å². The molecule has 2 rings (SSSR count). The van der Waals surface area contributed by atoms with Crippen LogP contribution >= 0.6 is 11.3 Å². The first-order valence-corrected chi connectivity index (χ1v) is 6.69. The predicted octanol–water partition coefficient (Wildman–Crippen LogP) is 2.52. The number of hydrogen-bond acceptors (Lipinski definition) is 4. The highest BCUT2D eigenvalue weighted by Crippen LogP contribution is 2.31. The molecule has 0 saturated carbocycles. The van der Waals surface area contributed by atoms with Crippen LogP contribution in [0.25, 0.3) is 0 Å². The van der Waals surface area contributed by atoms with E-state index in [1.165, 1.54) is 23.3 Å². The van der Waals surface area contributed by atoms with Gasteiger partial charge in [-0.05, 0) is 13.0 Å². The number of anilines is 1. The highest BCUT2D eigenvalue weighted by atomic mass is 32.1. The number of halogens is 3. The van der Waals surface area contributed by atoms with Gasteiger partial charge in [0.2, 0.25) is 0 Å². The van der Waals surface area contributed by atoms with Gasteiger partial charge in [0, 0.05) is 25.0 Å². The highest BCUT2D eigenvalue weighted by Gasteiger charge is 2.31. The van der Waals surface area contributed by atoms with Crippen LogP contribution in [0.1, 0.15) is 17.5 Å². The number of rotatable bonds is 3. The fourth-order valence-corrected chi connectivity index (χ4v) is 3.03. The van der Waals surface area contributed by atoms with Crippen molar-refractivity contribution in [3.8, 4) is 0 Å². The van der Waals surface area contributed by atoms with E-state index in [2.05, 4.69) is 16.8 Å². The third kappa shape index (κ3) is 3.14. The van der Waals surface area contributed by atoms with Gasteiger partial charge in [0.05, 0.1) is 5.69 Å². The summed E-state index contributed by atoms with van der Waals surface area (Å²) in [4.78, 5) is 8.89. The summed E-state index contributed by atoms with van der Waals surface area (Å²) >= 11 is 1.38. The van der Waals surface area contributed by atoms with Gasteiger partial charge in [-0.1, -0.05) is 6.92 Å². The Kier molecular flexibility index (Phi) is 3.82. The van der Waals surface area contributed by atoms with E-state index < -0.39 is 12.7 Å². The highest BCUT2D eigenvalue weighted by molar-refractivity contribution is 7.15. The largest absolute Gasteiger partial charge is 0.405 e. The van der Waals surface area contributed by atoms with E-state index >= 15 is 0 Å². The summed E-state index contributed by atoms with van der Waals surface area (Å²) < 4.78 is 37.0. The molecule has 0 amide bonds. The van der Waals surface area contributed by atoms with Gasteiger partial charge in [0.15, 0.2) is 5.13 Å². The van der Waals surface area contributed by atoms with Gasteiger partial charge in [-0.15, -0.1) is 11.3 Å². The van der Waals surface area contributed by atoms with Crippen LogP contribution in [-0.4, -0.2) is 42.7 Å². The minimum Gasteiger partial charge on any atom is -0.342 e. The summed E-state index contributed by atoms with van der Waals surface area (Å²) in [5.41, 5.74) is 0.942. The Morgan fingerprint density at radius 3 is 2.78 bits per heavy atom. The van der Waals surface area contributed by atoms with Crippen molar-refractivity contribution in [3.05, 3.63) is 10.6 Å². The predicted molar refractivity (Wildman–Crippen MR) is 66.1 cm³/mol. The SMILES string of the molecule is CCN1CCc2sc(N(C)CC(F)(F)F)nc2C1. The molecule has 102 valence electrons. The Labute approximate surface area is 108 Å². The van der Waals surface area contributed by atoms with Gasteiger partial charge in [0.1, 0.15) is 6.54 Å². The van der Waals surface area contributed by atoms with Crippen molar-refractivity contribution in [1.29, 1.82) is 0 Å². The molecule has 18 heavy (non-hydrogen) atoms. The summed E-state index contributed by atoms with van der Waals surface area (Å²) in [6, 6.07) is 0. The van der Waals surface area contributed by atoms with Gasteiger partial charge in [0.25, 0.3) is 0 Å². The molecule has 0 spiro atoms. The quantitative estimate of drug-likeness (QED) is 0.847. The molecule has 0 aliphatic carbocycles. The van der Waals surface area contributed by atoms with Gasteiger partial charge < -0.3 is 4.90 Å². The normalized spacial score (nSPS) is 16.7. The van der Waals surface area contributed by atoms with Crippen LogP contribution in [0.2, 0.25) is 0 Å². The van der Waals surface area contributed by atoms with E-state index in [9.17, 15) is 13.2 Å². The second-order valence-corrected chi connectivity index (χ2v) is 5.52. The maximum absolute atomic E-state index is 12.3. The van der Waals surface area contributed by atoms with Crippen molar-refractivity contribution >= 4 is 16.5 Å². The van der Waals surface area contributed by atoms with Crippen molar-refractivity contribution in [2.75, 3.05) is 31.6 Å². The van der Waals surface area contributed by atoms with E-state index in [4.69, 9.17) is 0 Å². The van der Waals surface area contributed by atoms with Crippen LogP contribution in [0.5, 0.6) is 0 Å². The average Bonchev–Trinajstić information content (AvgIpc) is 2.69. The molecule has 0 saturated heterocycles. The van der Waals surface area contributed by atoms with E-state index in [-0.39, 0.29) is 0 Å². The molecular formula is C11H16F3N3S. The van der Waals surface area contributed by atoms with E-state index in [0.29, 0.717) is 5.13 Å². The Balaban J connectivity index is 2.10. The molecule has 0 radical (unpaired) electrons. The maximum Gasteiger partial charge on any atom is 0.405 e. The molecule has 0 aromatic carbocycles. The topological polar surface area (TPSA) is 19.4 Å². The number of alkyl halides is 3. The number of nitrogens with zero attached hydrogens (tertiary/aromatic N) is 3. The molecule has 1 aliphatic rings. The third-order valence-corrected chi connectivity index (χ3v) is 4.26. The van der Waals surface area contributed by atoms with E-state index in [0.717, 1.165) is 36.6 Å². The summed E-state index contributed by atoms with van der Waals surface area (Å²) in [5.74, 6) is 0. The molecule has 0 unspecified atom stereocenters. The minimum atomic E-state index is -4.18. The van der Waals surface area contributed by atoms with Crippen molar-refractivity contribution in [3.63, 3.8) is 0 Å². The van der Waals surface area contributed by atoms with Crippen LogP contribution in [0.15, 0.2) is 0 Å². The lowest BCUT2D eigenvalue weighted by molar-refractivity contribution is -0.119. The zero-order valence-corrected chi connectivity index (χ0v) is 11.2. The molecule has 0 fully saturated rings. The molecule has 3 nitrogen and oxygen atoms in total. The molecule has 0 bridgehead atoms. The first kappa shape index (κ1) is 13.6. The van der Waals surface area contributed by atoms with E-state index in [1.54, 1.807) is 0 Å². The number of fused-ring (bicyclic) bond motifs is 1. The van der Waals surface area contributed by atoms with Crippen LogP contribution in [0.4, 0.5) is 18.3 Å². The second-order valence-electron chi connectivity index (χ2n) is 4.46. The second kappa shape index (κ2) is 5.05. The number of aromatic nitrogens is 1. The Hall–Kier alpha value is -0.820. The molecule has 7 heteroatoms. The molecule has 0 N–H and O–H groups in total.